The number of aromatic nitrogens is 4. The lowest BCUT2D eigenvalue weighted by Crippen LogP contribution is -2.44. The number of imidazole rings is 1. The second kappa shape index (κ2) is 4.52. The minimum absolute atomic E-state index is 0.0395. The van der Waals surface area contributed by atoms with Crippen molar-refractivity contribution < 1.29 is 24.1 Å². The zero-order valence-corrected chi connectivity index (χ0v) is 13.2. The molecule has 0 bridgehead atoms. The maximum atomic E-state index is 15.0. The highest BCUT2D eigenvalue weighted by Gasteiger charge is 2.86. The Morgan fingerprint density at radius 2 is 2.29 bits per heavy atom. The summed E-state index contributed by atoms with van der Waals surface area (Å²) >= 11 is 0. The van der Waals surface area contributed by atoms with Crippen LogP contribution in [0.5, 0.6) is 5.88 Å². The van der Waals surface area contributed by atoms with Gasteiger partial charge < -0.3 is 25.4 Å². The summed E-state index contributed by atoms with van der Waals surface area (Å²) in [6.45, 7) is 2.96. The molecule has 4 N–H and O–H groups in total. The summed E-state index contributed by atoms with van der Waals surface area (Å²) < 4.78 is 27.5. The van der Waals surface area contributed by atoms with Crippen molar-refractivity contribution in [3.05, 3.63) is 6.33 Å². The van der Waals surface area contributed by atoms with E-state index in [1.807, 2.05) is 0 Å². The van der Waals surface area contributed by atoms with E-state index in [1.165, 1.54) is 17.8 Å². The first-order valence-electron chi connectivity index (χ1n) is 7.62. The fraction of sp³-hybridized carbons (Fsp3) is 0.643. The summed E-state index contributed by atoms with van der Waals surface area (Å²) in [7, 11) is 0. The average molecular weight is 339 g/mol. The first-order chi connectivity index (χ1) is 11.3. The molecule has 2 aromatic heterocycles. The lowest BCUT2D eigenvalue weighted by atomic mass is 9.96. The Hall–Kier alpha value is -2.04. The van der Waals surface area contributed by atoms with Crippen LogP contribution in [-0.4, -0.2) is 59.8 Å². The highest BCUT2D eigenvalue weighted by molar-refractivity contribution is 5.77. The van der Waals surface area contributed by atoms with Crippen LogP contribution in [-0.2, 0) is 4.74 Å². The number of fused-ring (bicyclic) bond motifs is 2. The molecule has 1 saturated heterocycles. The normalized spacial score (nSPS) is 37.6. The van der Waals surface area contributed by atoms with Crippen LogP contribution in [0.1, 0.15) is 26.5 Å². The quantitative estimate of drug-likeness (QED) is 0.706. The van der Waals surface area contributed by atoms with Gasteiger partial charge in [0.1, 0.15) is 11.2 Å². The van der Waals surface area contributed by atoms with E-state index in [9.17, 15) is 14.6 Å². The van der Waals surface area contributed by atoms with Gasteiger partial charge in [-0.15, -0.1) is 0 Å². The third kappa shape index (κ3) is 1.65. The first kappa shape index (κ1) is 15.5. The Labute approximate surface area is 136 Å². The van der Waals surface area contributed by atoms with E-state index < -0.39 is 29.7 Å². The third-order valence-electron chi connectivity index (χ3n) is 4.94. The minimum atomic E-state index is -2.03. The second-order valence-corrected chi connectivity index (χ2v) is 6.39. The van der Waals surface area contributed by atoms with Gasteiger partial charge in [0.05, 0.1) is 19.5 Å². The van der Waals surface area contributed by atoms with Gasteiger partial charge in [-0.2, -0.15) is 9.97 Å². The highest BCUT2D eigenvalue weighted by atomic mass is 19.1. The largest absolute Gasteiger partial charge is 0.476 e. The first-order valence-corrected chi connectivity index (χ1v) is 7.62. The van der Waals surface area contributed by atoms with E-state index in [1.54, 1.807) is 6.92 Å². The van der Waals surface area contributed by atoms with Gasteiger partial charge in [-0.05, 0) is 13.8 Å². The van der Waals surface area contributed by atoms with E-state index in [0.717, 1.165) is 0 Å². The van der Waals surface area contributed by atoms with Crippen molar-refractivity contribution in [3.63, 3.8) is 0 Å². The Morgan fingerprint density at radius 3 is 2.92 bits per heavy atom. The van der Waals surface area contributed by atoms with Gasteiger partial charge >= 0.3 is 0 Å². The lowest BCUT2D eigenvalue weighted by Gasteiger charge is -2.30. The Balaban J connectivity index is 1.84. The van der Waals surface area contributed by atoms with Crippen molar-refractivity contribution in [1.82, 2.24) is 19.5 Å². The number of ether oxygens (including phenoxy) is 2. The maximum Gasteiger partial charge on any atom is 0.247 e. The van der Waals surface area contributed by atoms with Crippen LogP contribution in [0.2, 0.25) is 0 Å². The molecule has 10 heteroatoms. The lowest BCUT2D eigenvalue weighted by molar-refractivity contribution is -0.132. The molecule has 2 fully saturated rings. The van der Waals surface area contributed by atoms with E-state index >= 15 is 0 Å². The third-order valence-corrected chi connectivity index (χ3v) is 4.94. The molecular formula is C14H18FN5O4. The predicted molar refractivity (Wildman–Crippen MR) is 79.9 cm³/mol. The zero-order valence-electron chi connectivity index (χ0n) is 13.2. The molecule has 1 aliphatic carbocycles. The summed E-state index contributed by atoms with van der Waals surface area (Å²) in [5.74, 6) is 0.163. The number of alkyl halides is 1. The number of halogens is 1. The maximum absolute atomic E-state index is 15.0. The summed E-state index contributed by atoms with van der Waals surface area (Å²) in [6, 6.07) is 0. The number of nitrogens with two attached hydrogens (primary N) is 1. The topological polar surface area (TPSA) is 129 Å². The number of aliphatic hydroxyl groups excluding tert-OH is 1. The molecule has 0 unspecified atom stereocenters. The van der Waals surface area contributed by atoms with Crippen LogP contribution in [0.15, 0.2) is 6.33 Å². The van der Waals surface area contributed by atoms with Gasteiger partial charge in [0.15, 0.2) is 23.1 Å². The Morgan fingerprint density at radius 1 is 1.54 bits per heavy atom. The monoisotopic (exact) mass is 339 g/mol. The Bertz CT molecular complexity index is 827. The molecule has 1 aliphatic heterocycles. The van der Waals surface area contributed by atoms with Crippen molar-refractivity contribution in [2.45, 2.75) is 43.4 Å². The van der Waals surface area contributed by atoms with Crippen LogP contribution < -0.4 is 10.5 Å². The smallest absolute Gasteiger partial charge is 0.247 e. The van der Waals surface area contributed by atoms with Gasteiger partial charge in [0, 0.05) is 6.42 Å². The summed E-state index contributed by atoms with van der Waals surface area (Å²) in [5, 5.41) is 20.2. The number of aliphatic hydroxyl groups is 2. The van der Waals surface area contributed by atoms with Crippen molar-refractivity contribution in [3.8, 4) is 5.88 Å². The molecular weight excluding hydrogens is 321 g/mol. The number of anilines is 1. The van der Waals surface area contributed by atoms with Gasteiger partial charge in [0.25, 0.3) is 0 Å². The van der Waals surface area contributed by atoms with Crippen molar-refractivity contribution in [2.24, 2.45) is 0 Å². The van der Waals surface area contributed by atoms with Crippen LogP contribution >= 0.6 is 0 Å². The summed E-state index contributed by atoms with van der Waals surface area (Å²) in [4.78, 5) is 12.3. The Kier molecular flexibility index (Phi) is 2.92. The predicted octanol–water partition coefficient (Wildman–Crippen LogP) is -0.0699. The second-order valence-electron chi connectivity index (χ2n) is 6.39. The van der Waals surface area contributed by atoms with Crippen LogP contribution in [0.25, 0.3) is 11.2 Å². The molecule has 4 atom stereocenters. The van der Waals surface area contributed by atoms with E-state index in [0.29, 0.717) is 12.1 Å². The van der Waals surface area contributed by atoms with Crippen LogP contribution in [0.4, 0.5) is 10.3 Å². The summed E-state index contributed by atoms with van der Waals surface area (Å²) in [5.41, 5.74) is 0.992. The molecule has 0 aromatic carbocycles. The van der Waals surface area contributed by atoms with E-state index in [4.69, 9.17) is 15.2 Å². The fourth-order valence-electron chi connectivity index (χ4n) is 3.51. The molecule has 3 heterocycles. The molecule has 24 heavy (non-hydrogen) atoms. The molecule has 1 saturated carbocycles. The molecule has 0 spiro atoms. The van der Waals surface area contributed by atoms with E-state index in [-0.39, 0.29) is 23.9 Å². The average Bonchev–Trinajstić information content (AvgIpc) is 2.85. The zero-order chi connectivity index (χ0) is 17.3. The standard InChI is InChI=1S/C14H18FN5O4/c1-3-23-9-7-8(18-11(16)19-9)20(6-17-7)10-12(2,22)14(15)4-13(14,5-21)24-10/h6,10,21-22H,3-5H2,1-2H3,(H2,16,18,19)/t10-,12+,13-,14+/m1/s1. The molecule has 0 amide bonds. The number of nitrogens with zero attached hydrogens (tertiary/aromatic N) is 4. The molecule has 130 valence electrons. The van der Waals surface area contributed by atoms with Crippen molar-refractivity contribution in [2.75, 3.05) is 18.9 Å². The minimum Gasteiger partial charge on any atom is -0.476 e. The van der Waals surface area contributed by atoms with Crippen molar-refractivity contribution >= 4 is 17.1 Å². The fourth-order valence-corrected chi connectivity index (χ4v) is 3.51. The van der Waals surface area contributed by atoms with Gasteiger partial charge in [0.2, 0.25) is 11.8 Å². The van der Waals surface area contributed by atoms with Crippen LogP contribution in [0, 0.1) is 0 Å². The number of hydrogen-bond acceptors (Lipinski definition) is 8. The van der Waals surface area contributed by atoms with Gasteiger partial charge in [-0.1, -0.05) is 0 Å². The number of rotatable bonds is 4. The SMILES string of the molecule is CCOc1nc(N)nc2c1ncn2[C@@H]1O[C@@]2(CO)C[C@]2(F)[C@@]1(C)O. The summed E-state index contributed by atoms with van der Waals surface area (Å²) in [6.07, 6.45) is 0.185. The number of nitrogen functional groups attached to an aromatic ring is 1. The molecule has 2 aliphatic rings. The molecule has 9 nitrogen and oxygen atoms in total. The van der Waals surface area contributed by atoms with Gasteiger partial charge in [-0.3, -0.25) is 4.57 Å². The number of hydrogen-bond donors (Lipinski definition) is 3. The van der Waals surface area contributed by atoms with E-state index in [2.05, 4.69) is 15.0 Å². The van der Waals surface area contributed by atoms with Crippen molar-refractivity contribution in [1.29, 1.82) is 0 Å². The van der Waals surface area contributed by atoms with Gasteiger partial charge in [-0.25, -0.2) is 9.37 Å². The molecule has 2 aromatic rings. The molecule has 0 radical (unpaired) electrons. The molecule has 4 rings (SSSR count). The highest BCUT2D eigenvalue weighted by Crippen LogP contribution is 2.69. The van der Waals surface area contributed by atoms with Crippen LogP contribution in [0.3, 0.4) is 0 Å².